The van der Waals surface area contributed by atoms with Crippen molar-refractivity contribution < 1.29 is 14.6 Å². The van der Waals surface area contributed by atoms with E-state index in [9.17, 15) is 5.11 Å². The molecular formula is C28H31N5O3S. The van der Waals surface area contributed by atoms with Crippen LogP contribution in [0.25, 0.3) is 0 Å². The highest BCUT2D eigenvalue weighted by molar-refractivity contribution is 7.99. The van der Waals surface area contributed by atoms with E-state index in [1.807, 2.05) is 12.3 Å². The van der Waals surface area contributed by atoms with Crippen LogP contribution < -0.4 is 14.5 Å². The highest BCUT2D eigenvalue weighted by atomic mass is 32.2. The number of piperidine rings is 1. The lowest BCUT2D eigenvalue weighted by Gasteiger charge is -2.50. The summed E-state index contributed by atoms with van der Waals surface area (Å²) < 4.78 is 11.6. The largest absolute Gasteiger partial charge is 0.486 e. The second-order valence-corrected chi connectivity index (χ2v) is 11.9. The number of aromatic nitrogens is 3. The van der Waals surface area contributed by atoms with Crippen LogP contribution in [0.5, 0.6) is 5.75 Å². The van der Waals surface area contributed by atoms with Crippen LogP contribution in [-0.2, 0) is 24.2 Å². The number of nitrogens with zero attached hydrogens (tertiary/aromatic N) is 5. The molecule has 0 saturated carbocycles. The molecule has 4 aliphatic rings. The molecule has 0 bridgehead atoms. The molecule has 0 radical (unpaired) electrons. The fourth-order valence-electron chi connectivity index (χ4n) is 6.27. The lowest BCUT2D eigenvalue weighted by molar-refractivity contribution is -0.0801. The molecule has 0 atom stereocenters. The van der Waals surface area contributed by atoms with Crippen LogP contribution in [0.2, 0.25) is 0 Å². The zero-order valence-electron chi connectivity index (χ0n) is 21.0. The minimum absolute atomic E-state index is 0.122. The Hall–Kier alpha value is -2.88. The standard InChI is InChI=1S/C28H31N5O3S/c1-32-26-24(36-18-28(32)16-35-17-28)22(6-9-29-26)37-23-14-30-25(21(15-34)31-23)33-10-7-27(8-11-33)12-19-4-2-3-5-20(19)13-27/h2-6,9,14,34H,7-8,10-13,15-18H2,1H3. The van der Waals surface area contributed by atoms with Gasteiger partial charge in [-0.2, -0.15) is 0 Å². The number of hydrogen-bond donors (Lipinski definition) is 1. The highest BCUT2D eigenvalue weighted by Gasteiger charge is 2.48. The molecule has 1 N–H and O–H groups in total. The number of hydrogen-bond acceptors (Lipinski definition) is 9. The first kappa shape index (κ1) is 23.3. The van der Waals surface area contributed by atoms with Gasteiger partial charge in [-0.1, -0.05) is 36.0 Å². The predicted octanol–water partition coefficient (Wildman–Crippen LogP) is 3.50. The van der Waals surface area contributed by atoms with Crippen molar-refractivity contribution in [1.82, 2.24) is 15.0 Å². The normalized spacial score (nSPS) is 20.9. The van der Waals surface area contributed by atoms with Crippen molar-refractivity contribution in [1.29, 1.82) is 0 Å². The zero-order chi connectivity index (χ0) is 25.0. The number of rotatable bonds is 4. The highest BCUT2D eigenvalue weighted by Crippen LogP contribution is 2.47. The van der Waals surface area contributed by atoms with E-state index in [2.05, 4.69) is 46.1 Å². The van der Waals surface area contributed by atoms with E-state index in [0.717, 1.165) is 53.2 Å². The molecule has 0 amide bonds. The van der Waals surface area contributed by atoms with Gasteiger partial charge in [0.25, 0.3) is 0 Å². The van der Waals surface area contributed by atoms with E-state index in [-0.39, 0.29) is 12.1 Å². The van der Waals surface area contributed by atoms with E-state index in [0.29, 0.717) is 30.9 Å². The van der Waals surface area contributed by atoms with Crippen molar-refractivity contribution >= 4 is 23.4 Å². The smallest absolute Gasteiger partial charge is 0.175 e. The van der Waals surface area contributed by atoms with Crippen LogP contribution in [0.15, 0.2) is 52.6 Å². The fourth-order valence-corrected chi connectivity index (χ4v) is 7.13. The van der Waals surface area contributed by atoms with Crippen LogP contribution in [0.4, 0.5) is 11.6 Å². The zero-order valence-corrected chi connectivity index (χ0v) is 21.8. The number of aliphatic hydroxyl groups is 1. The quantitative estimate of drug-likeness (QED) is 0.559. The lowest BCUT2D eigenvalue weighted by atomic mass is 9.76. The molecule has 0 unspecified atom stereocenters. The summed E-state index contributed by atoms with van der Waals surface area (Å²) >= 11 is 1.50. The van der Waals surface area contributed by atoms with Gasteiger partial charge in [0, 0.05) is 26.3 Å². The van der Waals surface area contributed by atoms with E-state index in [1.54, 1.807) is 6.20 Å². The molecule has 192 valence electrons. The number of aliphatic hydroxyl groups excluding tert-OH is 1. The Bertz CT molecular complexity index is 1310. The van der Waals surface area contributed by atoms with Crippen molar-refractivity contribution in [3.63, 3.8) is 0 Å². The van der Waals surface area contributed by atoms with Gasteiger partial charge >= 0.3 is 0 Å². The van der Waals surface area contributed by atoms with Crippen LogP contribution in [0.3, 0.4) is 0 Å². The molecule has 37 heavy (non-hydrogen) atoms. The molecule has 2 saturated heterocycles. The topological polar surface area (TPSA) is 83.8 Å². The van der Waals surface area contributed by atoms with Crippen LogP contribution in [0, 0.1) is 5.41 Å². The summed E-state index contributed by atoms with van der Waals surface area (Å²) in [5.74, 6) is 2.39. The molecule has 3 aliphatic heterocycles. The lowest BCUT2D eigenvalue weighted by Crippen LogP contribution is -2.66. The molecule has 5 heterocycles. The molecule has 2 spiro atoms. The van der Waals surface area contributed by atoms with Gasteiger partial charge in [0.2, 0.25) is 0 Å². The van der Waals surface area contributed by atoms with Gasteiger partial charge in [0.1, 0.15) is 22.9 Å². The first-order valence-electron chi connectivity index (χ1n) is 13.0. The number of benzene rings is 1. The second-order valence-electron chi connectivity index (χ2n) is 10.9. The number of ether oxygens (including phenoxy) is 2. The Balaban J connectivity index is 1.07. The molecule has 8 nitrogen and oxygen atoms in total. The van der Waals surface area contributed by atoms with Crippen molar-refractivity contribution in [3.05, 3.63) is 59.5 Å². The third kappa shape index (κ3) is 3.86. The first-order valence-corrected chi connectivity index (χ1v) is 13.8. The summed E-state index contributed by atoms with van der Waals surface area (Å²) in [6.07, 6.45) is 8.23. The van der Waals surface area contributed by atoms with Gasteiger partial charge in [-0.3, -0.25) is 0 Å². The van der Waals surface area contributed by atoms with Gasteiger partial charge in [-0.05, 0) is 48.3 Å². The first-order chi connectivity index (χ1) is 18.1. The fraction of sp³-hybridized carbons (Fsp3) is 0.464. The maximum Gasteiger partial charge on any atom is 0.175 e. The third-order valence-corrected chi connectivity index (χ3v) is 9.59. The monoisotopic (exact) mass is 517 g/mol. The average Bonchev–Trinajstić information content (AvgIpc) is 3.26. The predicted molar refractivity (Wildman–Crippen MR) is 141 cm³/mol. The van der Waals surface area contributed by atoms with Gasteiger partial charge in [0.15, 0.2) is 17.4 Å². The maximum atomic E-state index is 10.2. The Kier molecular flexibility index (Phi) is 5.56. The van der Waals surface area contributed by atoms with E-state index in [1.165, 1.54) is 35.7 Å². The summed E-state index contributed by atoms with van der Waals surface area (Å²) in [7, 11) is 2.05. The Morgan fingerprint density at radius 3 is 2.43 bits per heavy atom. The molecule has 3 aromatic rings. The van der Waals surface area contributed by atoms with E-state index < -0.39 is 0 Å². The molecular weight excluding hydrogens is 486 g/mol. The van der Waals surface area contributed by atoms with Crippen LogP contribution >= 0.6 is 11.8 Å². The SMILES string of the molecule is CN1c2nccc(Sc3cnc(N4CCC5(CC4)Cc4ccccc4C5)c(CO)n3)c2OCC12COC2. The van der Waals surface area contributed by atoms with E-state index in [4.69, 9.17) is 19.4 Å². The van der Waals surface area contributed by atoms with Crippen molar-refractivity contribution in [2.45, 2.75) is 47.8 Å². The van der Waals surface area contributed by atoms with Gasteiger partial charge in [-0.15, -0.1) is 0 Å². The number of fused-ring (bicyclic) bond motifs is 2. The summed E-state index contributed by atoms with van der Waals surface area (Å²) in [6.45, 7) is 3.61. The molecule has 7 rings (SSSR count). The third-order valence-electron chi connectivity index (χ3n) is 8.64. The van der Waals surface area contributed by atoms with Crippen LogP contribution in [0.1, 0.15) is 29.7 Å². The summed E-state index contributed by atoms with van der Waals surface area (Å²) in [6, 6.07) is 10.8. The number of pyridine rings is 1. The van der Waals surface area contributed by atoms with Crippen LogP contribution in [-0.4, -0.2) is 65.6 Å². The molecule has 9 heteroatoms. The van der Waals surface area contributed by atoms with Crippen molar-refractivity contribution in [2.24, 2.45) is 5.41 Å². The minimum Gasteiger partial charge on any atom is -0.486 e. The molecule has 1 aromatic carbocycles. The average molecular weight is 518 g/mol. The van der Waals surface area contributed by atoms with Gasteiger partial charge in [-0.25, -0.2) is 15.0 Å². The maximum absolute atomic E-state index is 10.2. The van der Waals surface area contributed by atoms with Crippen molar-refractivity contribution in [3.8, 4) is 5.75 Å². The summed E-state index contributed by atoms with van der Waals surface area (Å²) in [5, 5.41) is 10.9. The van der Waals surface area contributed by atoms with Crippen molar-refractivity contribution in [2.75, 3.05) is 49.8 Å². The Labute approximate surface area is 221 Å². The second kappa shape index (κ2) is 8.85. The molecule has 1 aliphatic carbocycles. The van der Waals surface area contributed by atoms with Gasteiger partial charge < -0.3 is 24.4 Å². The summed E-state index contributed by atoms with van der Waals surface area (Å²) in [5.41, 5.74) is 3.89. The Morgan fingerprint density at radius 2 is 1.76 bits per heavy atom. The van der Waals surface area contributed by atoms with Gasteiger partial charge in [0.05, 0.1) is 30.9 Å². The number of anilines is 2. The Morgan fingerprint density at radius 1 is 1.00 bits per heavy atom. The molecule has 2 fully saturated rings. The molecule has 2 aromatic heterocycles. The minimum atomic E-state index is -0.139. The number of likely N-dealkylation sites (N-methyl/N-ethyl adjacent to an activating group) is 1. The van der Waals surface area contributed by atoms with E-state index >= 15 is 0 Å². The summed E-state index contributed by atoms with van der Waals surface area (Å²) in [4.78, 5) is 19.6.